The van der Waals surface area contributed by atoms with Crippen LogP contribution >= 0.6 is 6.89 Å². The summed E-state index contributed by atoms with van der Waals surface area (Å²) in [6, 6.07) is 37.4. The Labute approximate surface area is 188 Å². The molecule has 32 heavy (non-hydrogen) atoms. The first kappa shape index (κ1) is 21.5. The van der Waals surface area contributed by atoms with Gasteiger partial charge in [-0.3, -0.25) is 9.59 Å². The van der Waals surface area contributed by atoms with Gasteiger partial charge in [-0.1, -0.05) is 103 Å². The Morgan fingerprint density at radius 3 is 1.56 bits per heavy atom. The van der Waals surface area contributed by atoms with Crippen molar-refractivity contribution in [2.45, 2.75) is 0 Å². The van der Waals surface area contributed by atoms with E-state index in [1.165, 1.54) is 0 Å². The van der Waals surface area contributed by atoms with E-state index < -0.39 is 6.89 Å². The van der Waals surface area contributed by atoms with Crippen molar-refractivity contribution < 1.29 is 14.3 Å². The summed E-state index contributed by atoms with van der Waals surface area (Å²) in [4.78, 5) is 24.6. The number of hydrogen-bond donors (Lipinski definition) is 0. The molecule has 0 N–H and O–H groups in total. The van der Waals surface area contributed by atoms with E-state index in [9.17, 15) is 9.59 Å². The molecule has 0 spiro atoms. The summed E-state index contributed by atoms with van der Waals surface area (Å²) in [6.07, 6.45) is 0.735. The van der Waals surface area contributed by atoms with Gasteiger partial charge in [-0.05, 0) is 40.7 Å². The Morgan fingerprint density at radius 1 is 0.656 bits per heavy atom. The average molecular weight is 438 g/mol. The maximum atomic E-state index is 13.3. The number of aldehydes is 1. The monoisotopic (exact) mass is 438 g/mol. The van der Waals surface area contributed by atoms with Crippen LogP contribution in [-0.2, 0) is 4.79 Å². The highest BCUT2D eigenvalue weighted by atomic mass is 31.2. The molecule has 0 radical (unpaired) electrons. The largest absolute Gasteiger partial charge is 0.485 e. The van der Waals surface area contributed by atoms with Gasteiger partial charge in [0, 0.05) is 0 Å². The van der Waals surface area contributed by atoms with E-state index in [1.807, 2.05) is 60.4 Å². The van der Waals surface area contributed by atoms with Gasteiger partial charge in [-0.15, -0.1) is 0 Å². The lowest BCUT2D eigenvalue weighted by Crippen LogP contribution is -2.29. The number of hydrogen-bond acceptors (Lipinski definition) is 3. The summed E-state index contributed by atoms with van der Waals surface area (Å²) >= 11 is 0. The second-order valence-corrected chi connectivity index (χ2v) is 10.5. The van der Waals surface area contributed by atoms with Crippen LogP contribution in [0.5, 0.6) is 5.75 Å². The lowest BCUT2D eigenvalue weighted by molar-refractivity contribution is -0.114. The van der Waals surface area contributed by atoms with Crippen molar-refractivity contribution in [3.63, 3.8) is 0 Å². The predicted molar refractivity (Wildman–Crippen MR) is 134 cm³/mol. The summed E-state index contributed by atoms with van der Waals surface area (Å²) in [7, 11) is 0. The van der Waals surface area contributed by atoms with Crippen molar-refractivity contribution in [1.82, 2.24) is 0 Å². The van der Waals surface area contributed by atoms with E-state index in [2.05, 4.69) is 36.4 Å². The van der Waals surface area contributed by atoms with Crippen LogP contribution in [0, 0.1) is 0 Å². The molecule has 0 atom stereocenters. The molecule has 0 saturated carbocycles. The van der Waals surface area contributed by atoms with Crippen molar-refractivity contribution in [3.05, 3.63) is 121 Å². The van der Waals surface area contributed by atoms with Gasteiger partial charge in [-0.2, -0.15) is 0 Å². The fourth-order valence-corrected chi connectivity index (χ4v) is 7.55. The molecular formula is C28H23O3P. The Balaban J connectivity index is 1.84. The van der Waals surface area contributed by atoms with Crippen LogP contribution in [0.25, 0.3) is 0 Å². The zero-order chi connectivity index (χ0) is 22.2. The van der Waals surface area contributed by atoms with Crippen molar-refractivity contribution in [1.29, 1.82) is 0 Å². The molecule has 0 heterocycles. The maximum absolute atomic E-state index is 13.3. The van der Waals surface area contributed by atoms with Crippen LogP contribution in [0.2, 0.25) is 0 Å². The second kappa shape index (κ2) is 10.1. The number of para-hydroxylation sites is 1. The first-order valence-electron chi connectivity index (χ1n) is 10.4. The minimum Gasteiger partial charge on any atom is -0.485 e. The summed E-state index contributed by atoms with van der Waals surface area (Å²) in [5, 5.41) is 3.29. The van der Waals surface area contributed by atoms with Crippen molar-refractivity contribution in [2.75, 3.05) is 6.61 Å². The number of carbonyl (C=O) groups is 2. The van der Waals surface area contributed by atoms with Crippen molar-refractivity contribution in [3.8, 4) is 5.75 Å². The van der Waals surface area contributed by atoms with Crippen LogP contribution in [0.4, 0.5) is 0 Å². The SMILES string of the molecule is O=Cc1ccccc1OCC(=O)C=P(c1ccccc1)(c1ccccc1)c1ccccc1. The molecule has 0 aliphatic heterocycles. The predicted octanol–water partition coefficient (Wildman–Crippen LogP) is 4.24. The minimum absolute atomic E-state index is 0.129. The van der Waals surface area contributed by atoms with Gasteiger partial charge in [0.2, 0.25) is 0 Å². The molecule has 158 valence electrons. The molecule has 4 rings (SSSR count). The minimum atomic E-state index is -2.37. The molecular weight excluding hydrogens is 415 g/mol. The molecule has 4 aromatic carbocycles. The Bertz CT molecular complexity index is 1150. The zero-order valence-electron chi connectivity index (χ0n) is 17.5. The standard InChI is InChI=1S/C28H23O3P/c29-20-23-12-10-11-19-28(23)31-21-24(30)22-32(25-13-4-1-5-14-25,26-15-6-2-7-16-26)27-17-8-3-9-18-27/h1-20,22H,21H2. The number of ketones is 1. The van der Waals surface area contributed by atoms with Crippen LogP contribution in [0.15, 0.2) is 115 Å². The van der Waals surface area contributed by atoms with Crippen LogP contribution in [-0.4, -0.2) is 24.5 Å². The number of benzene rings is 4. The highest BCUT2D eigenvalue weighted by Gasteiger charge is 2.26. The van der Waals surface area contributed by atoms with E-state index in [0.717, 1.165) is 22.2 Å². The van der Waals surface area contributed by atoms with Crippen molar-refractivity contribution >= 4 is 40.7 Å². The Kier molecular flexibility index (Phi) is 6.79. The van der Waals surface area contributed by atoms with Gasteiger partial charge < -0.3 is 4.74 Å². The number of ether oxygens (including phenoxy) is 1. The molecule has 0 unspecified atom stereocenters. The average Bonchev–Trinajstić information content (AvgIpc) is 2.88. The van der Waals surface area contributed by atoms with Gasteiger partial charge in [-0.25, -0.2) is 0 Å². The van der Waals surface area contributed by atoms with Gasteiger partial charge >= 0.3 is 0 Å². The maximum Gasteiger partial charge on any atom is 0.194 e. The highest BCUT2D eigenvalue weighted by Crippen LogP contribution is 2.43. The number of carbonyl (C=O) groups excluding carboxylic acids is 2. The molecule has 0 aliphatic rings. The summed E-state index contributed by atoms with van der Waals surface area (Å²) in [5.74, 6) is 2.12. The molecule has 4 heteroatoms. The third kappa shape index (κ3) is 4.49. The molecule has 4 aromatic rings. The molecule has 0 fully saturated rings. The second-order valence-electron chi connectivity index (χ2n) is 7.27. The third-order valence-corrected chi connectivity index (χ3v) is 9.26. The third-order valence-electron chi connectivity index (χ3n) is 5.24. The van der Waals surface area contributed by atoms with Gasteiger partial charge in [0.1, 0.15) is 5.75 Å². The van der Waals surface area contributed by atoms with Crippen LogP contribution in [0.3, 0.4) is 0 Å². The highest BCUT2D eigenvalue weighted by molar-refractivity contribution is 7.95. The van der Waals surface area contributed by atoms with E-state index in [4.69, 9.17) is 4.74 Å². The summed E-state index contributed by atoms with van der Waals surface area (Å²) in [6.45, 7) is -2.51. The topological polar surface area (TPSA) is 43.4 Å². The van der Waals surface area contributed by atoms with Crippen LogP contribution in [0.1, 0.15) is 10.4 Å². The van der Waals surface area contributed by atoms with Gasteiger partial charge in [0.05, 0.1) is 5.56 Å². The van der Waals surface area contributed by atoms with E-state index in [1.54, 1.807) is 24.3 Å². The van der Waals surface area contributed by atoms with Gasteiger partial charge in [0.25, 0.3) is 0 Å². The normalized spacial score (nSPS) is 10.9. The molecule has 0 aliphatic carbocycles. The zero-order valence-corrected chi connectivity index (χ0v) is 18.4. The number of Topliss-reactive ketones (excluding diaryl/α,β-unsaturated/α-hetero) is 1. The van der Waals surface area contributed by atoms with E-state index in [0.29, 0.717) is 11.3 Å². The molecule has 3 nitrogen and oxygen atoms in total. The summed E-state index contributed by atoms with van der Waals surface area (Å²) in [5.41, 5.74) is 0.426. The molecule has 0 saturated heterocycles. The van der Waals surface area contributed by atoms with E-state index >= 15 is 0 Å². The fourth-order valence-electron chi connectivity index (χ4n) is 3.77. The lowest BCUT2D eigenvalue weighted by atomic mass is 10.2. The molecule has 0 aromatic heterocycles. The first-order chi connectivity index (χ1) is 15.7. The first-order valence-corrected chi connectivity index (χ1v) is 12.2. The van der Waals surface area contributed by atoms with E-state index in [-0.39, 0.29) is 12.4 Å². The van der Waals surface area contributed by atoms with Crippen molar-refractivity contribution in [2.24, 2.45) is 0 Å². The Morgan fingerprint density at radius 2 is 1.09 bits per heavy atom. The number of rotatable bonds is 8. The van der Waals surface area contributed by atoms with Crippen LogP contribution < -0.4 is 20.7 Å². The molecule has 0 amide bonds. The quantitative estimate of drug-likeness (QED) is 0.305. The lowest BCUT2D eigenvalue weighted by Gasteiger charge is -2.28. The fraction of sp³-hybridized carbons (Fsp3) is 0.0357. The summed E-state index contributed by atoms with van der Waals surface area (Å²) < 4.78 is 5.75. The smallest absolute Gasteiger partial charge is 0.194 e. The molecule has 0 bridgehead atoms. The Hall–Kier alpha value is -3.68. The van der Waals surface area contributed by atoms with Gasteiger partial charge in [0.15, 0.2) is 18.7 Å².